The number of benzene rings is 1. The van der Waals surface area contributed by atoms with Crippen LogP contribution in [0.4, 0.5) is 0 Å². The molecule has 3 aromatic rings. The maximum absolute atomic E-state index is 12.3. The maximum Gasteiger partial charge on any atom is 0.252 e. The number of pyridine rings is 1. The summed E-state index contributed by atoms with van der Waals surface area (Å²) in [4.78, 5) is 16.6. The fraction of sp³-hybridized carbons (Fsp3) is 0.211. The molecule has 3 rings (SSSR count). The lowest BCUT2D eigenvalue weighted by atomic mass is 10.1. The van der Waals surface area contributed by atoms with E-state index >= 15 is 0 Å². The zero-order chi connectivity index (χ0) is 17.8. The summed E-state index contributed by atoms with van der Waals surface area (Å²) in [5.74, 6) is 0.579. The number of aryl methyl sites for hydroxylation is 2. The molecular formula is C19H19BrN4O. The monoisotopic (exact) mass is 398 g/mol. The van der Waals surface area contributed by atoms with Crippen LogP contribution in [0.3, 0.4) is 0 Å². The van der Waals surface area contributed by atoms with Gasteiger partial charge in [0.2, 0.25) is 0 Å². The van der Waals surface area contributed by atoms with E-state index in [1.807, 2.05) is 50.2 Å². The van der Waals surface area contributed by atoms with Gasteiger partial charge < -0.3 is 5.32 Å². The lowest BCUT2D eigenvalue weighted by Gasteiger charge is -2.08. The highest BCUT2D eigenvalue weighted by atomic mass is 79.9. The first-order valence-corrected chi connectivity index (χ1v) is 8.85. The molecule has 1 amide bonds. The van der Waals surface area contributed by atoms with Crippen molar-refractivity contribution >= 4 is 21.8 Å². The highest BCUT2D eigenvalue weighted by molar-refractivity contribution is 9.10. The van der Waals surface area contributed by atoms with Gasteiger partial charge in [-0.15, -0.1) is 0 Å². The van der Waals surface area contributed by atoms with E-state index in [1.165, 1.54) is 5.56 Å². The molecule has 1 aromatic carbocycles. The molecule has 0 aliphatic heterocycles. The van der Waals surface area contributed by atoms with Crippen molar-refractivity contribution in [1.82, 2.24) is 20.1 Å². The zero-order valence-electron chi connectivity index (χ0n) is 14.2. The summed E-state index contributed by atoms with van der Waals surface area (Å²) in [5, 5.41) is 7.32. The summed E-state index contributed by atoms with van der Waals surface area (Å²) in [6, 6.07) is 13.6. The van der Waals surface area contributed by atoms with Gasteiger partial charge in [0.05, 0.1) is 11.3 Å². The number of amides is 1. The standard InChI is InChI=1S/C19H19BrN4O/c1-13-11-14(2)24(23-13)18-8-7-16(12-22-18)19(25)21-10-9-15-5-3-4-6-17(15)20/h3-8,11-12H,9-10H2,1-2H3,(H,21,25). The molecule has 2 aromatic heterocycles. The number of nitrogens with zero attached hydrogens (tertiary/aromatic N) is 3. The molecule has 0 radical (unpaired) electrons. The molecule has 0 atom stereocenters. The Bertz CT molecular complexity index is 887. The number of hydrogen-bond donors (Lipinski definition) is 1. The molecule has 1 N–H and O–H groups in total. The van der Waals surface area contributed by atoms with Crippen molar-refractivity contribution in [2.24, 2.45) is 0 Å². The Hall–Kier alpha value is -2.47. The highest BCUT2D eigenvalue weighted by Crippen LogP contribution is 2.16. The Balaban J connectivity index is 1.61. The number of aromatic nitrogens is 3. The molecule has 0 aliphatic rings. The van der Waals surface area contributed by atoms with Crippen molar-refractivity contribution in [3.63, 3.8) is 0 Å². The number of hydrogen-bond acceptors (Lipinski definition) is 3. The van der Waals surface area contributed by atoms with Crippen LogP contribution in [0.1, 0.15) is 27.3 Å². The predicted octanol–water partition coefficient (Wildman–Crippen LogP) is 3.62. The molecule has 0 aliphatic carbocycles. The third kappa shape index (κ3) is 4.14. The minimum atomic E-state index is -0.125. The molecule has 25 heavy (non-hydrogen) atoms. The first-order chi connectivity index (χ1) is 12.0. The average Bonchev–Trinajstić information content (AvgIpc) is 2.95. The second kappa shape index (κ2) is 7.61. The van der Waals surface area contributed by atoms with Crippen LogP contribution >= 0.6 is 15.9 Å². The van der Waals surface area contributed by atoms with Gasteiger partial charge in [-0.25, -0.2) is 9.67 Å². The number of carbonyl (C=O) groups excluding carboxylic acids is 1. The van der Waals surface area contributed by atoms with Crippen LogP contribution in [0, 0.1) is 13.8 Å². The van der Waals surface area contributed by atoms with E-state index in [0.717, 1.165) is 22.3 Å². The Morgan fingerprint density at radius 3 is 2.64 bits per heavy atom. The van der Waals surface area contributed by atoms with Crippen LogP contribution in [0.2, 0.25) is 0 Å². The second-order valence-electron chi connectivity index (χ2n) is 5.84. The Morgan fingerprint density at radius 1 is 1.20 bits per heavy atom. The lowest BCUT2D eigenvalue weighted by Crippen LogP contribution is -2.26. The SMILES string of the molecule is Cc1cc(C)n(-c2ccc(C(=O)NCCc3ccccc3Br)cn2)n1. The summed E-state index contributed by atoms with van der Waals surface area (Å²) in [6.07, 6.45) is 2.35. The summed E-state index contributed by atoms with van der Waals surface area (Å²) >= 11 is 3.52. The number of rotatable bonds is 5. The average molecular weight is 399 g/mol. The molecule has 0 bridgehead atoms. The first kappa shape index (κ1) is 17.4. The number of halogens is 1. The minimum absolute atomic E-state index is 0.125. The van der Waals surface area contributed by atoms with Gasteiger partial charge in [-0.3, -0.25) is 4.79 Å². The second-order valence-corrected chi connectivity index (χ2v) is 6.70. The molecule has 128 valence electrons. The van der Waals surface area contributed by atoms with Crippen molar-refractivity contribution in [2.45, 2.75) is 20.3 Å². The number of carbonyl (C=O) groups is 1. The van der Waals surface area contributed by atoms with Crippen LogP contribution in [0.5, 0.6) is 0 Å². The Labute approximate surface area is 155 Å². The minimum Gasteiger partial charge on any atom is -0.352 e. The third-order valence-electron chi connectivity index (χ3n) is 3.87. The zero-order valence-corrected chi connectivity index (χ0v) is 15.7. The van der Waals surface area contributed by atoms with Crippen LogP contribution in [-0.4, -0.2) is 27.2 Å². The van der Waals surface area contributed by atoms with E-state index in [9.17, 15) is 4.79 Å². The van der Waals surface area contributed by atoms with E-state index in [1.54, 1.807) is 16.9 Å². The predicted molar refractivity (Wildman–Crippen MR) is 101 cm³/mol. The van der Waals surface area contributed by atoms with Gasteiger partial charge in [-0.2, -0.15) is 5.10 Å². The fourth-order valence-corrected chi connectivity index (χ4v) is 3.10. The molecule has 0 spiro atoms. The first-order valence-electron chi connectivity index (χ1n) is 8.06. The molecule has 0 saturated heterocycles. The summed E-state index contributed by atoms with van der Waals surface area (Å²) in [5.41, 5.74) is 3.65. The van der Waals surface area contributed by atoms with Crippen LogP contribution in [0.25, 0.3) is 5.82 Å². The third-order valence-corrected chi connectivity index (χ3v) is 4.65. The van der Waals surface area contributed by atoms with Gasteiger partial charge in [0, 0.05) is 22.9 Å². The maximum atomic E-state index is 12.3. The van der Waals surface area contributed by atoms with Gasteiger partial charge in [0.15, 0.2) is 5.82 Å². The van der Waals surface area contributed by atoms with E-state index in [0.29, 0.717) is 17.9 Å². The summed E-state index contributed by atoms with van der Waals surface area (Å²) in [6.45, 7) is 4.49. The van der Waals surface area contributed by atoms with Crippen LogP contribution < -0.4 is 5.32 Å². The van der Waals surface area contributed by atoms with Crippen LogP contribution in [0.15, 0.2) is 53.1 Å². The summed E-state index contributed by atoms with van der Waals surface area (Å²) < 4.78 is 2.82. The number of nitrogens with one attached hydrogen (secondary N) is 1. The van der Waals surface area contributed by atoms with Crippen molar-refractivity contribution in [1.29, 1.82) is 0 Å². The van der Waals surface area contributed by atoms with Crippen LogP contribution in [-0.2, 0) is 6.42 Å². The fourth-order valence-electron chi connectivity index (χ4n) is 2.62. The van der Waals surface area contributed by atoms with Crippen molar-refractivity contribution in [3.8, 4) is 5.82 Å². The molecular weight excluding hydrogens is 380 g/mol. The topological polar surface area (TPSA) is 59.8 Å². The quantitative estimate of drug-likeness (QED) is 0.713. The van der Waals surface area contributed by atoms with E-state index in [-0.39, 0.29) is 5.91 Å². The van der Waals surface area contributed by atoms with E-state index in [2.05, 4.69) is 31.3 Å². The normalized spacial score (nSPS) is 10.7. The summed E-state index contributed by atoms with van der Waals surface area (Å²) in [7, 11) is 0. The largest absolute Gasteiger partial charge is 0.352 e. The van der Waals surface area contributed by atoms with Crippen molar-refractivity contribution < 1.29 is 4.79 Å². The van der Waals surface area contributed by atoms with Gasteiger partial charge in [0.25, 0.3) is 5.91 Å². The molecule has 2 heterocycles. The molecule has 6 heteroatoms. The highest BCUT2D eigenvalue weighted by Gasteiger charge is 2.09. The molecule has 0 unspecified atom stereocenters. The van der Waals surface area contributed by atoms with E-state index < -0.39 is 0 Å². The van der Waals surface area contributed by atoms with Gasteiger partial charge in [-0.1, -0.05) is 34.1 Å². The van der Waals surface area contributed by atoms with Crippen molar-refractivity contribution in [2.75, 3.05) is 6.54 Å². The van der Waals surface area contributed by atoms with Gasteiger partial charge >= 0.3 is 0 Å². The Kier molecular flexibility index (Phi) is 5.28. The molecule has 0 saturated carbocycles. The smallest absolute Gasteiger partial charge is 0.252 e. The van der Waals surface area contributed by atoms with E-state index in [4.69, 9.17) is 0 Å². The van der Waals surface area contributed by atoms with Gasteiger partial charge in [0.1, 0.15) is 0 Å². The lowest BCUT2D eigenvalue weighted by molar-refractivity contribution is 0.0954. The van der Waals surface area contributed by atoms with Crippen molar-refractivity contribution in [3.05, 3.63) is 75.6 Å². The Morgan fingerprint density at radius 2 is 2.00 bits per heavy atom. The molecule has 0 fully saturated rings. The van der Waals surface area contributed by atoms with Gasteiger partial charge in [-0.05, 0) is 50.1 Å². The molecule has 5 nitrogen and oxygen atoms in total.